The maximum Gasteiger partial charge on any atom is 0.252 e. The van der Waals surface area contributed by atoms with Gasteiger partial charge in [0.25, 0.3) is 5.91 Å². The minimum absolute atomic E-state index is 0.0287. The summed E-state index contributed by atoms with van der Waals surface area (Å²) >= 11 is 0. The number of rotatable bonds is 7. The molecule has 0 unspecified atom stereocenters. The van der Waals surface area contributed by atoms with E-state index >= 15 is 0 Å². The van der Waals surface area contributed by atoms with E-state index in [2.05, 4.69) is 14.7 Å². The monoisotopic (exact) mass is 388 g/mol. The van der Waals surface area contributed by atoms with Crippen molar-refractivity contribution >= 4 is 15.9 Å². The maximum absolute atomic E-state index is 12.6. The molecule has 27 heavy (non-hydrogen) atoms. The van der Waals surface area contributed by atoms with Crippen molar-refractivity contribution in [2.24, 2.45) is 5.73 Å². The fourth-order valence-corrected chi connectivity index (χ4v) is 3.44. The molecule has 0 radical (unpaired) electrons. The molecule has 3 rings (SSSR count). The number of nitrogens with two attached hydrogens (primary N) is 1. The molecule has 0 bridgehead atoms. The van der Waals surface area contributed by atoms with E-state index in [1.165, 1.54) is 44.2 Å². The molecular formula is C17H16N4O5S. The van der Waals surface area contributed by atoms with Gasteiger partial charge < -0.3 is 14.9 Å². The molecule has 0 fully saturated rings. The molecule has 0 aliphatic heterocycles. The molecule has 9 nitrogen and oxygen atoms in total. The number of nitrogens with zero attached hydrogens (tertiary/aromatic N) is 2. The SMILES string of the molecule is COc1ccc(S(=O)(=O)NCc2nccnc2-c2ccoc2)cc1C(N)=O. The van der Waals surface area contributed by atoms with Gasteiger partial charge in [0.1, 0.15) is 5.75 Å². The van der Waals surface area contributed by atoms with Crippen molar-refractivity contribution in [3.63, 3.8) is 0 Å². The minimum Gasteiger partial charge on any atom is -0.496 e. The number of furan rings is 1. The summed E-state index contributed by atoms with van der Waals surface area (Å²) in [6.45, 7) is -0.103. The third-order valence-corrected chi connectivity index (χ3v) is 5.14. The van der Waals surface area contributed by atoms with Crippen molar-refractivity contribution in [2.75, 3.05) is 7.11 Å². The number of sulfonamides is 1. The van der Waals surface area contributed by atoms with Gasteiger partial charge in [-0.25, -0.2) is 13.1 Å². The van der Waals surface area contributed by atoms with Crippen molar-refractivity contribution in [2.45, 2.75) is 11.4 Å². The Bertz CT molecular complexity index is 1060. The van der Waals surface area contributed by atoms with Crippen molar-refractivity contribution in [3.05, 3.63) is 60.4 Å². The second-order valence-corrected chi connectivity index (χ2v) is 7.18. The zero-order valence-electron chi connectivity index (χ0n) is 14.2. The van der Waals surface area contributed by atoms with Crippen LogP contribution < -0.4 is 15.2 Å². The van der Waals surface area contributed by atoms with Gasteiger partial charge in [0, 0.05) is 18.0 Å². The van der Waals surface area contributed by atoms with Crippen LogP contribution >= 0.6 is 0 Å². The van der Waals surface area contributed by atoms with E-state index < -0.39 is 15.9 Å². The van der Waals surface area contributed by atoms with Gasteiger partial charge in [0.2, 0.25) is 10.0 Å². The first kappa shape index (κ1) is 18.5. The number of aromatic nitrogens is 2. The first-order valence-electron chi connectivity index (χ1n) is 7.72. The fraction of sp³-hybridized carbons (Fsp3) is 0.118. The third kappa shape index (κ3) is 3.96. The Morgan fingerprint density at radius 3 is 2.70 bits per heavy atom. The Morgan fingerprint density at radius 2 is 2.04 bits per heavy atom. The normalized spacial score (nSPS) is 11.3. The molecule has 140 valence electrons. The van der Waals surface area contributed by atoms with E-state index in [1.54, 1.807) is 6.07 Å². The fourth-order valence-electron chi connectivity index (χ4n) is 2.43. The second-order valence-electron chi connectivity index (χ2n) is 5.41. The molecule has 2 heterocycles. The summed E-state index contributed by atoms with van der Waals surface area (Å²) in [4.78, 5) is 19.8. The van der Waals surface area contributed by atoms with Crippen molar-refractivity contribution < 1.29 is 22.4 Å². The first-order valence-corrected chi connectivity index (χ1v) is 9.20. The number of ether oxygens (including phenoxy) is 1. The third-order valence-electron chi connectivity index (χ3n) is 3.74. The Hall–Kier alpha value is -3.24. The Labute approximate surface area is 155 Å². The van der Waals surface area contributed by atoms with E-state index in [0.29, 0.717) is 17.0 Å². The Balaban J connectivity index is 1.87. The lowest BCUT2D eigenvalue weighted by atomic mass is 10.2. The van der Waals surface area contributed by atoms with Gasteiger partial charge in [-0.15, -0.1) is 0 Å². The summed E-state index contributed by atoms with van der Waals surface area (Å²) in [5.74, 6) is -0.599. The van der Waals surface area contributed by atoms with Crippen LogP contribution in [-0.2, 0) is 16.6 Å². The van der Waals surface area contributed by atoms with E-state index in [9.17, 15) is 13.2 Å². The first-order chi connectivity index (χ1) is 12.9. The number of hydrogen-bond donors (Lipinski definition) is 2. The number of carbonyl (C=O) groups is 1. The average molecular weight is 388 g/mol. The molecule has 1 aromatic carbocycles. The largest absolute Gasteiger partial charge is 0.496 e. The van der Waals surface area contributed by atoms with Gasteiger partial charge in [-0.1, -0.05) is 0 Å². The molecule has 3 aromatic rings. The van der Waals surface area contributed by atoms with Gasteiger partial charge in [-0.05, 0) is 24.3 Å². The zero-order chi connectivity index (χ0) is 19.4. The van der Waals surface area contributed by atoms with Crippen LogP contribution in [0.3, 0.4) is 0 Å². The molecule has 10 heteroatoms. The van der Waals surface area contributed by atoms with Crippen molar-refractivity contribution in [3.8, 4) is 17.0 Å². The summed E-state index contributed by atoms with van der Waals surface area (Å²) in [5.41, 5.74) is 6.85. The lowest BCUT2D eigenvalue weighted by Crippen LogP contribution is -2.25. The maximum atomic E-state index is 12.6. The smallest absolute Gasteiger partial charge is 0.252 e. The molecular weight excluding hydrogens is 372 g/mol. The van der Waals surface area contributed by atoms with Gasteiger partial charge >= 0.3 is 0 Å². The van der Waals surface area contributed by atoms with E-state index in [4.69, 9.17) is 14.9 Å². The summed E-state index contributed by atoms with van der Waals surface area (Å²) < 4.78 is 37.7. The Morgan fingerprint density at radius 1 is 1.26 bits per heavy atom. The van der Waals surface area contributed by atoms with Gasteiger partial charge in [-0.3, -0.25) is 14.8 Å². The molecule has 0 saturated heterocycles. The second kappa shape index (κ2) is 7.56. The summed E-state index contributed by atoms with van der Waals surface area (Å²) in [6.07, 6.45) is 5.94. The number of hydrogen-bond acceptors (Lipinski definition) is 7. The molecule has 0 aliphatic carbocycles. The number of benzene rings is 1. The highest BCUT2D eigenvalue weighted by Gasteiger charge is 2.20. The van der Waals surface area contributed by atoms with Crippen LogP contribution in [0.25, 0.3) is 11.3 Å². The molecule has 0 spiro atoms. The lowest BCUT2D eigenvalue weighted by molar-refractivity contribution is 0.0997. The zero-order valence-corrected chi connectivity index (χ0v) is 15.1. The molecule has 0 saturated carbocycles. The highest BCUT2D eigenvalue weighted by atomic mass is 32.2. The van der Waals surface area contributed by atoms with Crippen molar-refractivity contribution in [1.29, 1.82) is 0 Å². The number of primary amides is 1. The summed E-state index contributed by atoms with van der Waals surface area (Å²) in [5, 5.41) is 0. The highest BCUT2D eigenvalue weighted by molar-refractivity contribution is 7.89. The predicted octanol–water partition coefficient (Wildman–Crippen LogP) is 1.32. The van der Waals surface area contributed by atoms with Crippen LogP contribution in [0.2, 0.25) is 0 Å². The van der Waals surface area contributed by atoms with E-state index in [-0.39, 0.29) is 22.8 Å². The summed E-state index contributed by atoms with van der Waals surface area (Å²) in [6, 6.07) is 5.55. The molecule has 3 N–H and O–H groups in total. The van der Waals surface area contributed by atoms with Crippen LogP contribution in [0.4, 0.5) is 0 Å². The van der Waals surface area contributed by atoms with Crippen LogP contribution in [-0.4, -0.2) is 31.4 Å². The predicted molar refractivity (Wildman–Crippen MR) is 95.3 cm³/mol. The van der Waals surface area contributed by atoms with Crippen molar-refractivity contribution in [1.82, 2.24) is 14.7 Å². The topological polar surface area (TPSA) is 137 Å². The standard InChI is InChI=1S/C17H16N4O5S/c1-25-15-3-2-12(8-13(15)17(18)22)27(23,24)21-9-14-16(20-6-5-19-14)11-4-7-26-10-11/h2-8,10,21H,9H2,1H3,(H2,18,22). The quantitative estimate of drug-likeness (QED) is 0.622. The van der Waals surface area contributed by atoms with Gasteiger partial charge in [-0.2, -0.15) is 0 Å². The van der Waals surface area contributed by atoms with Gasteiger partial charge in [0.15, 0.2) is 0 Å². The van der Waals surface area contributed by atoms with E-state index in [1.807, 2.05) is 0 Å². The van der Waals surface area contributed by atoms with Crippen LogP contribution in [0.1, 0.15) is 16.1 Å². The van der Waals surface area contributed by atoms with Crippen LogP contribution in [0, 0.1) is 0 Å². The summed E-state index contributed by atoms with van der Waals surface area (Å²) in [7, 11) is -2.57. The minimum atomic E-state index is -3.93. The average Bonchev–Trinajstić information content (AvgIpc) is 3.20. The number of carbonyl (C=O) groups excluding carboxylic acids is 1. The Kier molecular flexibility index (Phi) is 5.19. The number of nitrogens with one attached hydrogen (secondary N) is 1. The number of methoxy groups -OCH3 is 1. The lowest BCUT2D eigenvalue weighted by Gasteiger charge is -2.11. The van der Waals surface area contributed by atoms with Gasteiger partial charge in [0.05, 0.1) is 48.0 Å². The molecule has 1 amide bonds. The van der Waals surface area contributed by atoms with Crippen LogP contribution in [0.5, 0.6) is 5.75 Å². The highest BCUT2D eigenvalue weighted by Crippen LogP contribution is 2.23. The molecule has 0 atom stereocenters. The number of amides is 1. The molecule has 2 aromatic heterocycles. The molecule has 0 aliphatic rings. The van der Waals surface area contributed by atoms with Crippen LogP contribution in [0.15, 0.2) is 58.5 Å². The van der Waals surface area contributed by atoms with E-state index in [0.717, 1.165) is 6.07 Å².